The van der Waals surface area contributed by atoms with Gasteiger partial charge in [-0.2, -0.15) is 15.2 Å². The summed E-state index contributed by atoms with van der Waals surface area (Å²) < 4.78 is 13.4. The largest absolute Gasteiger partial charge is 0.479 e. The highest BCUT2D eigenvalue weighted by Gasteiger charge is 2.31. The van der Waals surface area contributed by atoms with Crippen LogP contribution >= 0.6 is 0 Å². The number of carbonyl (C=O) groups is 1. The second kappa shape index (κ2) is 9.20. The van der Waals surface area contributed by atoms with Crippen LogP contribution in [0.3, 0.4) is 0 Å². The first-order valence-electron chi connectivity index (χ1n) is 9.58. The molecule has 0 aliphatic rings. The molecule has 2 heterocycles. The number of benzene rings is 1. The van der Waals surface area contributed by atoms with Gasteiger partial charge >= 0.3 is 11.7 Å². The van der Waals surface area contributed by atoms with Crippen LogP contribution in [0.15, 0.2) is 41.5 Å². The minimum atomic E-state index is -0.617. The van der Waals surface area contributed by atoms with E-state index in [1.165, 1.54) is 22.7 Å². The summed E-state index contributed by atoms with van der Waals surface area (Å²) in [5.41, 5.74) is 0.854. The normalized spacial score (nSPS) is 11.4. The fourth-order valence-electron chi connectivity index (χ4n) is 3.08. The van der Waals surface area contributed by atoms with Crippen molar-refractivity contribution >= 4 is 23.4 Å². The topological polar surface area (TPSA) is 127 Å². The smallest absolute Gasteiger partial charge is 0.343 e. The van der Waals surface area contributed by atoms with E-state index in [2.05, 4.69) is 15.2 Å². The van der Waals surface area contributed by atoms with Gasteiger partial charge < -0.3 is 9.47 Å². The zero-order chi connectivity index (χ0) is 22.5. The van der Waals surface area contributed by atoms with Gasteiger partial charge in [0.2, 0.25) is 11.6 Å². The molecule has 0 aliphatic carbocycles. The van der Waals surface area contributed by atoms with E-state index in [9.17, 15) is 14.9 Å². The molecule has 2 aromatic heterocycles. The van der Waals surface area contributed by atoms with E-state index in [1.807, 2.05) is 18.2 Å². The van der Waals surface area contributed by atoms with Crippen LogP contribution in [0.2, 0.25) is 0 Å². The molecule has 0 unspecified atom stereocenters. The molecule has 11 heteroatoms. The van der Waals surface area contributed by atoms with Gasteiger partial charge in [-0.3, -0.25) is 14.8 Å². The highest BCUT2D eigenvalue weighted by Crippen LogP contribution is 2.29. The maximum Gasteiger partial charge on any atom is 0.343 e. The van der Waals surface area contributed by atoms with Crippen LogP contribution in [0, 0.1) is 17.0 Å². The monoisotopic (exact) mass is 426 g/mol. The molecule has 0 aliphatic heterocycles. The summed E-state index contributed by atoms with van der Waals surface area (Å²) in [6.07, 6.45) is 1.34. The first-order valence-corrected chi connectivity index (χ1v) is 9.58. The van der Waals surface area contributed by atoms with Crippen LogP contribution in [-0.2, 0) is 16.0 Å². The highest BCUT2D eigenvalue weighted by molar-refractivity contribution is 6.01. The number of carbonyl (C=O) groups excluding carboxylic acids is 1. The van der Waals surface area contributed by atoms with E-state index in [4.69, 9.17) is 9.47 Å². The van der Waals surface area contributed by atoms with E-state index < -0.39 is 10.9 Å². The molecule has 162 valence electrons. The molecule has 31 heavy (non-hydrogen) atoms. The first-order chi connectivity index (χ1) is 14.9. The number of aliphatic imine (C=N–C) groups is 1. The van der Waals surface area contributed by atoms with Crippen LogP contribution in [-0.4, -0.2) is 50.1 Å². The number of esters is 1. The third-order valence-corrected chi connectivity index (χ3v) is 4.42. The number of ether oxygens (including phenoxy) is 2. The van der Waals surface area contributed by atoms with Gasteiger partial charge in [0.25, 0.3) is 0 Å². The SMILES string of the molecule is CCOC(=O)c1cnn(-c2ccccc2)c1/N=C(\OC)c1c([N+](=O)[O-])c(C)nn1CC. The molecule has 0 bridgehead atoms. The summed E-state index contributed by atoms with van der Waals surface area (Å²) in [5.74, 6) is -0.566. The predicted molar refractivity (Wildman–Crippen MR) is 112 cm³/mol. The summed E-state index contributed by atoms with van der Waals surface area (Å²) in [6.45, 7) is 5.55. The predicted octanol–water partition coefficient (Wildman–Crippen LogP) is 3.21. The molecule has 11 nitrogen and oxygen atoms in total. The van der Waals surface area contributed by atoms with E-state index in [0.717, 1.165) is 0 Å². The van der Waals surface area contributed by atoms with Crippen molar-refractivity contribution in [2.75, 3.05) is 13.7 Å². The Morgan fingerprint density at radius 3 is 2.55 bits per heavy atom. The molecular weight excluding hydrogens is 404 g/mol. The van der Waals surface area contributed by atoms with E-state index in [-0.39, 0.29) is 41.0 Å². The van der Waals surface area contributed by atoms with Gasteiger partial charge in [-0.15, -0.1) is 0 Å². The molecule has 3 rings (SSSR count). The Hall–Kier alpha value is -4.02. The minimum absolute atomic E-state index is 0.0719. The molecule has 0 spiro atoms. The van der Waals surface area contributed by atoms with Crippen molar-refractivity contribution in [1.82, 2.24) is 19.6 Å². The number of hydrogen-bond acceptors (Lipinski definition) is 8. The van der Waals surface area contributed by atoms with Crippen molar-refractivity contribution < 1.29 is 19.2 Å². The lowest BCUT2D eigenvalue weighted by molar-refractivity contribution is -0.385. The average Bonchev–Trinajstić information content (AvgIpc) is 3.33. The Bertz CT molecular complexity index is 1130. The lowest BCUT2D eigenvalue weighted by Crippen LogP contribution is -2.14. The molecule has 0 saturated heterocycles. The number of nitrogens with zero attached hydrogens (tertiary/aromatic N) is 6. The van der Waals surface area contributed by atoms with Gasteiger partial charge in [-0.1, -0.05) is 18.2 Å². The highest BCUT2D eigenvalue weighted by atomic mass is 16.6. The average molecular weight is 426 g/mol. The summed E-state index contributed by atoms with van der Waals surface area (Å²) in [4.78, 5) is 28.2. The number of nitro groups is 1. The van der Waals surface area contributed by atoms with Gasteiger partial charge in [0.1, 0.15) is 11.3 Å². The van der Waals surface area contributed by atoms with Gasteiger partial charge in [0.05, 0.1) is 30.5 Å². The zero-order valence-corrected chi connectivity index (χ0v) is 17.6. The number of para-hydroxylation sites is 1. The van der Waals surface area contributed by atoms with Crippen molar-refractivity contribution in [3.8, 4) is 5.69 Å². The number of aromatic nitrogens is 4. The Kier molecular flexibility index (Phi) is 6.43. The van der Waals surface area contributed by atoms with Crippen molar-refractivity contribution in [2.24, 2.45) is 4.99 Å². The lowest BCUT2D eigenvalue weighted by atomic mass is 10.2. The quantitative estimate of drug-likeness (QED) is 0.187. The van der Waals surface area contributed by atoms with Crippen molar-refractivity contribution in [2.45, 2.75) is 27.3 Å². The Balaban J connectivity index is 2.27. The summed E-state index contributed by atoms with van der Waals surface area (Å²) in [6, 6.07) is 9.04. The van der Waals surface area contributed by atoms with Crippen LogP contribution < -0.4 is 0 Å². The van der Waals surface area contributed by atoms with Crippen molar-refractivity contribution in [3.63, 3.8) is 0 Å². The molecule has 0 radical (unpaired) electrons. The molecule has 0 fully saturated rings. The van der Waals surface area contributed by atoms with Gasteiger partial charge in [0, 0.05) is 6.54 Å². The van der Waals surface area contributed by atoms with Crippen LogP contribution in [0.1, 0.15) is 35.6 Å². The van der Waals surface area contributed by atoms with E-state index in [0.29, 0.717) is 12.2 Å². The summed E-state index contributed by atoms with van der Waals surface area (Å²) >= 11 is 0. The Labute approximate surface area is 178 Å². The molecule has 3 aromatic rings. The molecule has 1 aromatic carbocycles. The summed E-state index contributed by atoms with van der Waals surface area (Å²) in [7, 11) is 1.35. The molecule has 0 atom stereocenters. The molecule has 0 saturated carbocycles. The zero-order valence-electron chi connectivity index (χ0n) is 17.6. The van der Waals surface area contributed by atoms with Gasteiger partial charge in [0.15, 0.2) is 5.82 Å². The molecule has 0 amide bonds. The number of methoxy groups -OCH3 is 1. The van der Waals surface area contributed by atoms with E-state index >= 15 is 0 Å². The van der Waals surface area contributed by atoms with Crippen molar-refractivity contribution in [3.05, 3.63) is 63.6 Å². The second-order valence-corrected chi connectivity index (χ2v) is 6.33. The lowest BCUT2D eigenvalue weighted by Gasteiger charge is -2.10. The second-order valence-electron chi connectivity index (χ2n) is 6.33. The van der Waals surface area contributed by atoms with Crippen LogP contribution in [0.4, 0.5) is 11.5 Å². The molecular formula is C20H22N6O5. The third kappa shape index (κ3) is 4.15. The maximum atomic E-state index is 12.5. The summed E-state index contributed by atoms with van der Waals surface area (Å²) in [5, 5.41) is 20.2. The molecule has 0 N–H and O–H groups in total. The first kappa shape index (κ1) is 21.7. The fourth-order valence-corrected chi connectivity index (χ4v) is 3.08. The number of hydrogen-bond donors (Lipinski definition) is 0. The Morgan fingerprint density at radius 1 is 1.26 bits per heavy atom. The number of aryl methyl sites for hydroxylation is 2. The maximum absolute atomic E-state index is 12.5. The van der Waals surface area contributed by atoms with Crippen LogP contribution in [0.25, 0.3) is 5.69 Å². The minimum Gasteiger partial charge on any atom is -0.479 e. The number of rotatable bonds is 7. The van der Waals surface area contributed by atoms with Gasteiger partial charge in [-0.05, 0) is 32.9 Å². The fraction of sp³-hybridized carbons (Fsp3) is 0.300. The Morgan fingerprint density at radius 2 is 1.97 bits per heavy atom. The standard InChI is InChI=1S/C20H22N6O5/c1-5-24-17(16(26(28)29)13(3)23-24)19(30-4)22-18-15(20(27)31-6-2)12-21-25(18)14-10-8-7-9-11-14/h7-12H,5-6H2,1-4H3/b22-19-. The van der Waals surface area contributed by atoms with Crippen molar-refractivity contribution in [1.29, 1.82) is 0 Å². The van der Waals surface area contributed by atoms with E-state index in [1.54, 1.807) is 32.9 Å². The van der Waals surface area contributed by atoms with Crippen LogP contribution in [0.5, 0.6) is 0 Å². The van der Waals surface area contributed by atoms with Gasteiger partial charge in [-0.25, -0.2) is 9.48 Å². The third-order valence-electron chi connectivity index (χ3n) is 4.42.